The lowest BCUT2D eigenvalue weighted by Crippen LogP contribution is -2.41. The first kappa shape index (κ1) is 11.7. The van der Waals surface area contributed by atoms with E-state index >= 15 is 0 Å². The summed E-state index contributed by atoms with van der Waals surface area (Å²) in [6.45, 7) is -1.45. The topological polar surface area (TPSA) is 30.2 Å². The standard InChI is InChI=1S/C8H9Cl2NO2P/c1-13-8(12)7(14(9)10)11-5-3-2-4-6-11/h2-7H,1H3/q+1/t7-/m0/s1. The molecule has 3 nitrogen and oxygen atoms in total. The van der Waals surface area contributed by atoms with Crippen LogP contribution >= 0.6 is 29.1 Å². The Kier molecular flexibility index (Phi) is 4.59. The van der Waals surface area contributed by atoms with Crippen LogP contribution in [0.2, 0.25) is 0 Å². The second-order valence-electron chi connectivity index (χ2n) is 2.48. The van der Waals surface area contributed by atoms with Crippen molar-refractivity contribution in [2.24, 2.45) is 0 Å². The molecule has 0 radical (unpaired) electrons. The lowest BCUT2D eigenvalue weighted by molar-refractivity contribution is -0.689. The third-order valence-corrected chi connectivity index (χ3v) is 3.57. The molecule has 1 atom stereocenters. The average molecular weight is 253 g/mol. The summed E-state index contributed by atoms with van der Waals surface area (Å²) in [6, 6.07) is 5.43. The number of methoxy groups -OCH3 is 1. The summed E-state index contributed by atoms with van der Waals surface area (Å²) in [5.74, 6) is -1.07. The van der Waals surface area contributed by atoms with Crippen LogP contribution in [-0.2, 0) is 9.53 Å². The summed E-state index contributed by atoms with van der Waals surface area (Å²) >= 11 is 11.5. The molecule has 0 aromatic carbocycles. The molecule has 1 aromatic heterocycles. The molecule has 1 heterocycles. The van der Waals surface area contributed by atoms with Crippen molar-refractivity contribution in [1.29, 1.82) is 0 Å². The third kappa shape index (κ3) is 2.81. The number of halogens is 2. The number of ether oxygens (including phenoxy) is 1. The van der Waals surface area contributed by atoms with E-state index in [4.69, 9.17) is 22.5 Å². The Balaban J connectivity index is 2.95. The highest BCUT2D eigenvalue weighted by Crippen LogP contribution is 2.55. The van der Waals surface area contributed by atoms with Gasteiger partial charge in [-0.2, -0.15) is 4.57 Å². The Hall–Kier alpha value is -0.370. The smallest absolute Gasteiger partial charge is 0.382 e. The number of hydrogen-bond acceptors (Lipinski definition) is 2. The first-order chi connectivity index (χ1) is 6.66. The molecule has 0 fully saturated rings. The molecule has 76 valence electrons. The van der Waals surface area contributed by atoms with Gasteiger partial charge in [-0.25, -0.2) is 4.79 Å². The van der Waals surface area contributed by atoms with Gasteiger partial charge in [0.25, 0.3) is 5.78 Å². The number of nitrogens with zero attached hydrogens (tertiary/aromatic N) is 1. The number of carbonyl (C=O) groups is 1. The molecule has 0 aliphatic rings. The Morgan fingerprint density at radius 2 is 1.93 bits per heavy atom. The van der Waals surface area contributed by atoms with Crippen molar-refractivity contribution in [2.75, 3.05) is 7.11 Å². The van der Waals surface area contributed by atoms with E-state index in [1.54, 1.807) is 29.1 Å². The normalized spacial score (nSPS) is 12.6. The van der Waals surface area contributed by atoms with Crippen molar-refractivity contribution in [3.63, 3.8) is 0 Å². The maximum Gasteiger partial charge on any atom is 0.382 e. The van der Waals surface area contributed by atoms with Crippen molar-refractivity contribution in [3.8, 4) is 0 Å². The van der Waals surface area contributed by atoms with Gasteiger partial charge in [-0.15, -0.1) is 0 Å². The van der Waals surface area contributed by atoms with E-state index in [1.807, 2.05) is 6.07 Å². The van der Waals surface area contributed by atoms with Crippen LogP contribution in [-0.4, -0.2) is 13.1 Å². The van der Waals surface area contributed by atoms with Crippen LogP contribution < -0.4 is 4.57 Å². The van der Waals surface area contributed by atoms with Crippen molar-refractivity contribution >= 4 is 35.1 Å². The van der Waals surface area contributed by atoms with Gasteiger partial charge in [-0.3, -0.25) is 0 Å². The van der Waals surface area contributed by atoms with Gasteiger partial charge in [0.05, 0.1) is 7.11 Å². The Labute approximate surface area is 92.9 Å². The predicted octanol–water partition coefficient (Wildman–Crippen LogP) is 2.44. The Bertz CT molecular complexity index is 307. The maximum absolute atomic E-state index is 11.4. The summed E-state index contributed by atoms with van der Waals surface area (Å²) in [5, 5.41) is 0. The zero-order valence-corrected chi connectivity index (χ0v) is 9.84. The quantitative estimate of drug-likeness (QED) is 0.470. The zero-order chi connectivity index (χ0) is 10.6. The van der Waals surface area contributed by atoms with Crippen LogP contribution in [0, 0.1) is 0 Å². The highest BCUT2D eigenvalue weighted by Gasteiger charge is 2.35. The molecule has 1 rings (SSSR count). The number of aromatic nitrogens is 1. The second kappa shape index (κ2) is 5.50. The van der Waals surface area contributed by atoms with Crippen LogP contribution in [0.15, 0.2) is 30.6 Å². The van der Waals surface area contributed by atoms with Gasteiger partial charge in [0.1, 0.15) is 0 Å². The molecule has 0 amide bonds. The van der Waals surface area contributed by atoms with Crippen LogP contribution in [0.4, 0.5) is 0 Å². The summed E-state index contributed by atoms with van der Waals surface area (Å²) in [7, 11) is 1.31. The lowest BCUT2D eigenvalue weighted by Gasteiger charge is -2.09. The van der Waals surface area contributed by atoms with Gasteiger partial charge in [0, 0.05) is 12.1 Å². The van der Waals surface area contributed by atoms with E-state index in [9.17, 15) is 4.79 Å². The number of hydrogen-bond donors (Lipinski definition) is 0. The molecular formula is C8H9Cl2NO2P+. The lowest BCUT2D eigenvalue weighted by atomic mass is 10.5. The highest BCUT2D eigenvalue weighted by atomic mass is 35.9. The number of esters is 1. The van der Waals surface area contributed by atoms with Crippen molar-refractivity contribution in [2.45, 2.75) is 5.78 Å². The molecule has 0 saturated heterocycles. The summed E-state index contributed by atoms with van der Waals surface area (Å²) in [6.07, 6.45) is 3.45. The first-order valence-electron chi connectivity index (χ1n) is 3.81. The fourth-order valence-electron chi connectivity index (χ4n) is 0.983. The van der Waals surface area contributed by atoms with E-state index in [0.29, 0.717) is 0 Å². The largest absolute Gasteiger partial charge is 0.464 e. The first-order valence-corrected chi connectivity index (χ1v) is 7.03. The minimum absolute atomic E-state index is 0.433. The second-order valence-corrected chi connectivity index (χ2v) is 6.19. The van der Waals surface area contributed by atoms with Gasteiger partial charge < -0.3 is 4.74 Å². The van der Waals surface area contributed by atoms with Crippen molar-refractivity contribution in [3.05, 3.63) is 30.6 Å². The molecule has 1 aromatic rings. The molecule has 14 heavy (non-hydrogen) atoms. The predicted molar refractivity (Wildman–Crippen MR) is 56.3 cm³/mol. The molecular weight excluding hydrogens is 244 g/mol. The number of pyridine rings is 1. The summed E-state index contributed by atoms with van der Waals surface area (Å²) < 4.78 is 6.25. The molecule has 0 aliphatic carbocycles. The van der Waals surface area contributed by atoms with Crippen molar-refractivity contribution < 1.29 is 14.1 Å². The van der Waals surface area contributed by atoms with E-state index in [2.05, 4.69) is 4.74 Å². The van der Waals surface area contributed by atoms with Gasteiger partial charge in [-0.05, 0) is 0 Å². The van der Waals surface area contributed by atoms with Crippen LogP contribution in [0.25, 0.3) is 0 Å². The van der Waals surface area contributed by atoms with E-state index in [0.717, 1.165) is 0 Å². The molecule has 6 heteroatoms. The summed E-state index contributed by atoms with van der Waals surface area (Å²) in [5.41, 5.74) is 0. The van der Waals surface area contributed by atoms with Crippen molar-refractivity contribution in [1.82, 2.24) is 0 Å². The Morgan fingerprint density at radius 1 is 1.36 bits per heavy atom. The molecule has 0 N–H and O–H groups in total. The molecule has 0 saturated carbocycles. The highest BCUT2D eigenvalue weighted by molar-refractivity contribution is 8.04. The summed E-state index contributed by atoms with van der Waals surface area (Å²) in [4.78, 5) is 11.4. The minimum atomic E-state index is -1.45. The molecule has 0 bridgehead atoms. The van der Waals surface area contributed by atoms with E-state index in [1.165, 1.54) is 7.11 Å². The fraction of sp³-hybridized carbons (Fsp3) is 0.250. The number of carbonyl (C=O) groups excluding carboxylic acids is 1. The van der Waals surface area contributed by atoms with Crippen LogP contribution in [0.5, 0.6) is 0 Å². The fourth-order valence-corrected chi connectivity index (χ4v) is 2.69. The van der Waals surface area contributed by atoms with Crippen LogP contribution in [0.1, 0.15) is 5.78 Å². The van der Waals surface area contributed by atoms with Gasteiger partial charge in [0.15, 0.2) is 19.0 Å². The maximum atomic E-state index is 11.4. The average Bonchev–Trinajstić information content (AvgIpc) is 2.19. The zero-order valence-electron chi connectivity index (χ0n) is 7.43. The molecule has 0 spiro atoms. The number of rotatable bonds is 3. The minimum Gasteiger partial charge on any atom is -0.464 e. The van der Waals surface area contributed by atoms with Gasteiger partial charge >= 0.3 is 5.97 Å². The van der Waals surface area contributed by atoms with E-state index < -0.39 is 18.4 Å². The van der Waals surface area contributed by atoms with Gasteiger partial charge in [-0.1, -0.05) is 28.5 Å². The van der Waals surface area contributed by atoms with Gasteiger partial charge in [0.2, 0.25) is 0 Å². The van der Waals surface area contributed by atoms with Crippen LogP contribution in [0.3, 0.4) is 0 Å². The van der Waals surface area contributed by atoms with E-state index in [-0.39, 0.29) is 0 Å². The monoisotopic (exact) mass is 252 g/mol. The molecule has 0 aliphatic heterocycles. The molecule has 0 unspecified atom stereocenters. The third-order valence-electron chi connectivity index (χ3n) is 1.62. The SMILES string of the molecule is COC(=O)[C@@H]([n+]1ccccc1)P(Cl)Cl. The Morgan fingerprint density at radius 3 is 2.36 bits per heavy atom.